The molecule has 1 saturated carbocycles. The molecule has 1 saturated heterocycles. The lowest BCUT2D eigenvalue weighted by Crippen LogP contribution is -2.48. The standard InChI is InChI=1S/C16H21N5OS2/c1-12-17-20(16(23)21(12)13-4-5-13)11-18-6-8-19(9-7-18)15(22)14-3-2-10-24-14/h2-3,10,13H,4-9,11H2,1H3. The number of hydrogen-bond acceptors (Lipinski definition) is 5. The van der Waals surface area contributed by atoms with Crippen LogP contribution >= 0.6 is 23.6 Å². The topological polar surface area (TPSA) is 46.3 Å². The number of rotatable bonds is 4. The SMILES string of the molecule is Cc1nn(CN2CCN(C(=O)c3cccs3)CC2)c(=S)n1C1CC1. The summed E-state index contributed by atoms with van der Waals surface area (Å²) in [6.45, 7) is 5.96. The lowest BCUT2D eigenvalue weighted by Gasteiger charge is -2.34. The van der Waals surface area contributed by atoms with Crippen molar-refractivity contribution in [1.29, 1.82) is 0 Å². The van der Waals surface area contributed by atoms with E-state index in [0.717, 1.165) is 41.7 Å². The van der Waals surface area contributed by atoms with E-state index >= 15 is 0 Å². The zero-order valence-corrected chi connectivity index (χ0v) is 15.4. The Morgan fingerprint density at radius 1 is 1.33 bits per heavy atom. The van der Waals surface area contributed by atoms with E-state index in [-0.39, 0.29) is 5.91 Å². The van der Waals surface area contributed by atoms with Crippen LogP contribution < -0.4 is 0 Å². The van der Waals surface area contributed by atoms with E-state index in [2.05, 4.69) is 14.6 Å². The van der Waals surface area contributed by atoms with Crippen molar-refractivity contribution >= 4 is 29.5 Å². The highest BCUT2D eigenvalue weighted by Gasteiger charge is 2.28. The van der Waals surface area contributed by atoms with E-state index in [1.807, 2.05) is 34.0 Å². The summed E-state index contributed by atoms with van der Waals surface area (Å²) in [6, 6.07) is 4.38. The smallest absolute Gasteiger partial charge is 0.264 e. The van der Waals surface area contributed by atoms with Crippen molar-refractivity contribution in [3.63, 3.8) is 0 Å². The fraction of sp³-hybridized carbons (Fsp3) is 0.562. The number of amides is 1. The van der Waals surface area contributed by atoms with Gasteiger partial charge in [0.25, 0.3) is 5.91 Å². The zero-order valence-electron chi connectivity index (χ0n) is 13.7. The normalized spacial score (nSPS) is 19.0. The molecule has 0 bridgehead atoms. The van der Waals surface area contributed by atoms with Crippen molar-refractivity contribution in [2.75, 3.05) is 26.2 Å². The van der Waals surface area contributed by atoms with E-state index in [4.69, 9.17) is 12.2 Å². The van der Waals surface area contributed by atoms with Gasteiger partial charge in [0.2, 0.25) is 0 Å². The Kier molecular flexibility index (Phi) is 4.28. The van der Waals surface area contributed by atoms with Gasteiger partial charge in [0.15, 0.2) is 4.77 Å². The molecule has 24 heavy (non-hydrogen) atoms. The fourth-order valence-corrected chi connectivity index (χ4v) is 4.28. The number of piperazine rings is 1. The second kappa shape index (κ2) is 6.42. The maximum absolute atomic E-state index is 12.4. The molecule has 1 aliphatic carbocycles. The third kappa shape index (κ3) is 3.05. The van der Waals surface area contributed by atoms with Gasteiger partial charge in [-0.1, -0.05) is 6.07 Å². The molecule has 0 N–H and O–H groups in total. The summed E-state index contributed by atoms with van der Waals surface area (Å²) in [6.07, 6.45) is 2.43. The van der Waals surface area contributed by atoms with Crippen LogP contribution in [0.1, 0.15) is 34.4 Å². The molecule has 2 aliphatic rings. The number of nitrogens with zero attached hydrogens (tertiary/aromatic N) is 5. The first-order valence-electron chi connectivity index (χ1n) is 8.34. The van der Waals surface area contributed by atoms with Gasteiger partial charge in [0.05, 0.1) is 11.5 Å². The van der Waals surface area contributed by atoms with Crippen LogP contribution in [0.5, 0.6) is 0 Å². The van der Waals surface area contributed by atoms with Crippen LogP contribution in [0.4, 0.5) is 0 Å². The molecule has 1 aliphatic heterocycles. The molecule has 3 heterocycles. The molecule has 0 atom stereocenters. The quantitative estimate of drug-likeness (QED) is 0.783. The second-order valence-corrected chi connectivity index (χ2v) is 7.77. The second-order valence-electron chi connectivity index (χ2n) is 6.46. The van der Waals surface area contributed by atoms with Gasteiger partial charge >= 0.3 is 0 Å². The summed E-state index contributed by atoms with van der Waals surface area (Å²) < 4.78 is 4.94. The fourth-order valence-electron chi connectivity index (χ4n) is 3.21. The number of thiophene rings is 1. The minimum absolute atomic E-state index is 0.148. The summed E-state index contributed by atoms with van der Waals surface area (Å²) in [5, 5.41) is 6.56. The molecule has 2 fully saturated rings. The Morgan fingerprint density at radius 3 is 2.71 bits per heavy atom. The Hall–Kier alpha value is -1.51. The van der Waals surface area contributed by atoms with Gasteiger partial charge in [-0.2, -0.15) is 5.10 Å². The van der Waals surface area contributed by atoms with E-state index in [0.29, 0.717) is 12.7 Å². The summed E-state index contributed by atoms with van der Waals surface area (Å²) in [4.78, 5) is 17.5. The predicted molar refractivity (Wildman–Crippen MR) is 95.9 cm³/mol. The molecule has 0 spiro atoms. The van der Waals surface area contributed by atoms with Crippen LogP contribution in [0.3, 0.4) is 0 Å². The van der Waals surface area contributed by atoms with Crippen LogP contribution in [0, 0.1) is 11.7 Å². The molecule has 0 unspecified atom stereocenters. The van der Waals surface area contributed by atoms with Crippen molar-refractivity contribution in [2.45, 2.75) is 32.5 Å². The Morgan fingerprint density at radius 2 is 2.08 bits per heavy atom. The minimum atomic E-state index is 0.148. The lowest BCUT2D eigenvalue weighted by molar-refractivity contribution is 0.0589. The van der Waals surface area contributed by atoms with Crippen molar-refractivity contribution in [3.8, 4) is 0 Å². The van der Waals surface area contributed by atoms with E-state index in [1.54, 1.807) is 0 Å². The monoisotopic (exact) mass is 363 g/mol. The largest absolute Gasteiger partial charge is 0.335 e. The first-order chi connectivity index (χ1) is 11.6. The van der Waals surface area contributed by atoms with Crippen molar-refractivity contribution in [3.05, 3.63) is 33.0 Å². The van der Waals surface area contributed by atoms with Crippen LogP contribution in [-0.2, 0) is 6.67 Å². The molecule has 8 heteroatoms. The number of aryl methyl sites for hydroxylation is 1. The number of hydrogen-bond donors (Lipinski definition) is 0. The Balaban J connectivity index is 1.38. The molecule has 2 aromatic rings. The molecule has 0 aromatic carbocycles. The van der Waals surface area contributed by atoms with Gasteiger partial charge in [-0.3, -0.25) is 9.69 Å². The summed E-state index contributed by atoms with van der Waals surface area (Å²) >= 11 is 7.10. The zero-order chi connectivity index (χ0) is 16.7. The summed E-state index contributed by atoms with van der Waals surface area (Å²) in [7, 11) is 0. The molecular formula is C16H21N5OS2. The van der Waals surface area contributed by atoms with Crippen LogP contribution in [0.2, 0.25) is 0 Å². The summed E-state index contributed by atoms with van der Waals surface area (Å²) in [5.41, 5.74) is 0. The van der Waals surface area contributed by atoms with Crippen molar-refractivity contribution in [1.82, 2.24) is 24.1 Å². The molecule has 128 valence electrons. The molecular weight excluding hydrogens is 342 g/mol. The molecule has 4 rings (SSSR count). The van der Waals surface area contributed by atoms with Crippen molar-refractivity contribution in [2.24, 2.45) is 0 Å². The molecule has 2 aromatic heterocycles. The maximum atomic E-state index is 12.4. The number of aromatic nitrogens is 3. The third-order valence-electron chi connectivity index (χ3n) is 4.68. The highest BCUT2D eigenvalue weighted by Crippen LogP contribution is 2.35. The maximum Gasteiger partial charge on any atom is 0.264 e. The minimum Gasteiger partial charge on any atom is -0.335 e. The van der Waals surface area contributed by atoms with Crippen LogP contribution in [0.25, 0.3) is 0 Å². The van der Waals surface area contributed by atoms with E-state index in [9.17, 15) is 4.79 Å². The molecule has 6 nitrogen and oxygen atoms in total. The van der Waals surface area contributed by atoms with Gasteiger partial charge in [-0.05, 0) is 43.4 Å². The molecule has 0 radical (unpaired) electrons. The average Bonchev–Trinajstić information content (AvgIpc) is 3.17. The number of carbonyl (C=O) groups is 1. The summed E-state index contributed by atoms with van der Waals surface area (Å²) in [5.74, 6) is 1.16. The third-order valence-corrected chi connectivity index (χ3v) is 5.94. The van der Waals surface area contributed by atoms with Gasteiger partial charge in [0.1, 0.15) is 5.82 Å². The highest BCUT2D eigenvalue weighted by molar-refractivity contribution is 7.71. The van der Waals surface area contributed by atoms with E-state index < -0.39 is 0 Å². The van der Waals surface area contributed by atoms with Crippen LogP contribution in [-0.4, -0.2) is 56.2 Å². The molecule has 1 amide bonds. The number of carbonyl (C=O) groups excluding carboxylic acids is 1. The van der Waals surface area contributed by atoms with Crippen LogP contribution in [0.15, 0.2) is 17.5 Å². The van der Waals surface area contributed by atoms with Gasteiger partial charge in [-0.25, -0.2) is 4.68 Å². The Labute approximate surface area is 150 Å². The first-order valence-corrected chi connectivity index (χ1v) is 9.63. The highest BCUT2D eigenvalue weighted by atomic mass is 32.1. The van der Waals surface area contributed by atoms with Gasteiger partial charge in [0, 0.05) is 32.2 Å². The lowest BCUT2D eigenvalue weighted by atomic mass is 10.3. The van der Waals surface area contributed by atoms with E-state index in [1.165, 1.54) is 24.2 Å². The van der Waals surface area contributed by atoms with Gasteiger partial charge in [-0.15, -0.1) is 11.3 Å². The Bertz CT molecular complexity index is 782. The first kappa shape index (κ1) is 16.0. The average molecular weight is 364 g/mol. The van der Waals surface area contributed by atoms with Crippen molar-refractivity contribution < 1.29 is 4.79 Å². The van der Waals surface area contributed by atoms with Gasteiger partial charge < -0.3 is 9.47 Å². The predicted octanol–water partition coefficient (Wildman–Crippen LogP) is 2.53.